The Balaban J connectivity index is 0.00000208. The van der Waals surface area contributed by atoms with Gasteiger partial charge in [0.2, 0.25) is 5.91 Å². The summed E-state index contributed by atoms with van der Waals surface area (Å²) in [6.45, 7) is 0. The fourth-order valence-corrected chi connectivity index (χ4v) is 3.69. The van der Waals surface area contributed by atoms with Crippen LogP contribution < -0.4 is 11.1 Å². The zero-order valence-corrected chi connectivity index (χ0v) is 15.5. The molecule has 1 aromatic heterocycles. The Morgan fingerprint density at radius 2 is 2.25 bits per heavy atom. The molecule has 0 bridgehead atoms. The molecule has 1 saturated carbocycles. The van der Waals surface area contributed by atoms with E-state index in [9.17, 15) is 4.79 Å². The molecule has 2 aromatic rings. The number of benzene rings is 1. The molecule has 0 aliphatic heterocycles. The number of nitrogens with zero attached hydrogens (tertiary/aromatic N) is 3. The number of carbonyl (C=O) groups is 1. The van der Waals surface area contributed by atoms with Crippen molar-refractivity contribution in [3.63, 3.8) is 0 Å². The van der Waals surface area contributed by atoms with Crippen LogP contribution in [0.15, 0.2) is 34.6 Å². The minimum atomic E-state index is -0.00327. The number of carbonyl (C=O) groups excluding carboxylic acids is 1. The van der Waals surface area contributed by atoms with Crippen LogP contribution in [0.1, 0.15) is 19.3 Å². The Labute approximate surface area is 155 Å². The van der Waals surface area contributed by atoms with Crippen molar-refractivity contribution in [3.05, 3.63) is 29.5 Å². The third kappa shape index (κ3) is 4.42. The van der Waals surface area contributed by atoms with E-state index in [4.69, 9.17) is 17.3 Å². The SMILES string of the molecule is Cl.Cn1cnnc1Sc1ccc(NC(=O)C2CCC(N)C2)cc1Cl. The van der Waals surface area contributed by atoms with Crippen molar-refractivity contribution in [3.8, 4) is 0 Å². The number of nitrogens with one attached hydrogen (secondary N) is 1. The van der Waals surface area contributed by atoms with Crippen molar-refractivity contribution < 1.29 is 4.79 Å². The van der Waals surface area contributed by atoms with E-state index in [0.717, 1.165) is 29.3 Å². The van der Waals surface area contributed by atoms with Gasteiger partial charge < -0.3 is 15.6 Å². The third-order valence-corrected chi connectivity index (χ3v) is 5.47. The Morgan fingerprint density at radius 1 is 1.46 bits per heavy atom. The molecule has 1 aliphatic carbocycles. The standard InChI is InChI=1S/C15H18ClN5OS.ClH/c1-21-8-18-20-15(21)23-13-5-4-11(7-12(13)16)19-14(22)9-2-3-10(17)6-9;/h4-5,7-10H,2-3,6,17H2,1H3,(H,19,22);1H. The minimum Gasteiger partial charge on any atom is -0.328 e. The highest BCUT2D eigenvalue weighted by atomic mass is 35.5. The van der Waals surface area contributed by atoms with Crippen LogP contribution in [0.3, 0.4) is 0 Å². The zero-order chi connectivity index (χ0) is 16.4. The summed E-state index contributed by atoms with van der Waals surface area (Å²) < 4.78 is 1.82. The van der Waals surface area contributed by atoms with Gasteiger partial charge in [-0.15, -0.1) is 22.6 Å². The number of hydrogen-bond donors (Lipinski definition) is 2. The summed E-state index contributed by atoms with van der Waals surface area (Å²) in [5.74, 6) is 0.0131. The highest BCUT2D eigenvalue weighted by Crippen LogP contribution is 2.34. The molecule has 0 radical (unpaired) electrons. The molecule has 1 aromatic carbocycles. The number of rotatable bonds is 4. The second-order valence-corrected chi connectivity index (χ2v) is 7.15. The van der Waals surface area contributed by atoms with E-state index < -0.39 is 0 Å². The van der Waals surface area contributed by atoms with Crippen LogP contribution in [0.5, 0.6) is 0 Å². The van der Waals surface area contributed by atoms with Crippen molar-refractivity contribution >= 4 is 47.4 Å². The molecule has 2 unspecified atom stereocenters. The van der Waals surface area contributed by atoms with Gasteiger partial charge in [0, 0.05) is 29.6 Å². The highest BCUT2D eigenvalue weighted by molar-refractivity contribution is 7.99. The summed E-state index contributed by atoms with van der Waals surface area (Å²) in [5, 5.41) is 12.1. The maximum Gasteiger partial charge on any atom is 0.227 e. The first-order chi connectivity index (χ1) is 11.0. The maximum absolute atomic E-state index is 12.2. The lowest BCUT2D eigenvalue weighted by molar-refractivity contribution is -0.119. The molecule has 0 saturated heterocycles. The number of hydrogen-bond acceptors (Lipinski definition) is 5. The van der Waals surface area contributed by atoms with Crippen LogP contribution >= 0.6 is 35.8 Å². The van der Waals surface area contributed by atoms with Crippen LogP contribution in [0.2, 0.25) is 5.02 Å². The summed E-state index contributed by atoms with van der Waals surface area (Å²) in [7, 11) is 1.87. The average Bonchev–Trinajstić information content (AvgIpc) is 3.11. The van der Waals surface area contributed by atoms with Crippen molar-refractivity contribution in [2.75, 3.05) is 5.32 Å². The summed E-state index contributed by atoms with van der Waals surface area (Å²) in [6, 6.07) is 5.61. The van der Waals surface area contributed by atoms with Gasteiger partial charge in [0.05, 0.1) is 5.02 Å². The van der Waals surface area contributed by atoms with Gasteiger partial charge in [-0.2, -0.15) is 0 Å². The van der Waals surface area contributed by atoms with Gasteiger partial charge in [-0.3, -0.25) is 4.79 Å². The zero-order valence-electron chi connectivity index (χ0n) is 13.1. The lowest BCUT2D eigenvalue weighted by Crippen LogP contribution is -2.23. The molecule has 6 nitrogen and oxygen atoms in total. The number of aryl methyl sites for hydroxylation is 1. The van der Waals surface area contributed by atoms with Crippen molar-refractivity contribution in [1.29, 1.82) is 0 Å². The van der Waals surface area contributed by atoms with E-state index in [1.807, 2.05) is 23.7 Å². The highest BCUT2D eigenvalue weighted by Gasteiger charge is 2.27. The summed E-state index contributed by atoms with van der Waals surface area (Å²) in [6.07, 6.45) is 4.14. The lowest BCUT2D eigenvalue weighted by Gasteiger charge is -2.12. The molecule has 0 spiro atoms. The first-order valence-electron chi connectivity index (χ1n) is 7.41. The van der Waals surface area contributed by atoms with E-state index in [1.54, 1.807) is 12.4 Å². The fourth-order valence-electron chi connectivity index (χ4n) is 2.62. The Hall–Kier alpha value is -1.28. The van der Waals surface area contributed by atoms with Gasteiger partial charge in [0.25, 0.3) is 0 Å². The predicted octanol–water partition coefficient (Wildman–Crippen LogP) is 3.11. The van der Waals surface area contributed by atoms with Crippen molar-refractivity contribution in [1.82, 2.24) is 14.8 Å². The molecule has 3 rings (SSSR count). The van der Waals surface area contributed by atoms with Crippen LogP contribution in [0, 0.1) is 5.92 Å². The molecule has 1 fully saturated rings. The smallest absolute Gasteiger partial charge is 0.227 e. The summed E-state index contributed by atoms with van der Waals surface area (Å²) in [4.78, 5) is 13.1. The van der Waals surface area contributed by atoms with Crippen LogP contribution in [0.4, 0.5) is 5.69 Å². The largest absolute Gasteiger partial charge is 0.328 e. The Kier molecular flexibility index (Phi) is 6.51. The van der Waals surface area contributed by atoms with E-state index in [0.29, 0.717) is 10.7 Å². The number of halogens is 2. The second-order valence-electron chi connectivity index (χ2n) is 5.73. The van der Waals surface area contributed by atoms with E-state index in [-0.39, 0.29) is 30.3 Å². The van der Waals surface area contributed by atoms with Gasteiger partial charge >= 0.3 is 0 Å². The number of amides is 1. The molecular weight excluding hydrogens is 369 g/mol. The van der Waals surface area contributed by atoms with Gasteiger partial charge in [-0.1, -0.05) is 11.6 Å². The van der Waals surface area contributed by atoms with Crippen LogP contribution in [-0.2, 0) is 11.8 Å². The molecule has 2 atom stereocenters. The number of aromatic nitrogens is 3. The Bertz CT molecular complexity index is 724. The maximum atomic E-state index is 12.2. The van der Waals surface area contributed by atoms with Gasteiger partial charge in [0.1, 0.15) is 6.33 Å². The third-order valence-electron chi connectivity index (χ3n) is 3.91. The van der Waals surface area contributed by atoms with E-state index in [2.05, 4.69) is 15.5 Å². The molecule has 1 heterocycles. The molecule has 24 heavy (non-hydrogen) atoms. The normalized spacial score (nSPS) is 19.8. The molecule has 1 aliphatic rings. The minimum absolute atomic E-state index is 0. The first-order valence-corrected chi connectivity index (χ1v) is 8.60. The molecule has 3 N–H and O–H groups in total. The molecule has 130 valence electrons. The van der Waals surface area contributed by atoms with Crippen LogP contribution in [-0.4, -0.2) is 26.7 Å². The topological polar surface area (TPSA) is 85.8 Å². The van der Waals surface area contributed by atoms with Gasteiger partial charge in [0.15, 0.2) is 5.16 Å². The summed E-state index contributed by atoms with van der Waals surface area (Å²) in [5.41, 5.74) is 6.56. The number of anilines is 1. The van der Waals surface area contributed by atoms with Crippen molar-refractivity contribution in [2.24, 2.45) is 18.7 Å². The molecular formula is C15H19Cl2N5OS. The second kappa shape index (κ2) is 8.20. The Morgan fingerprint density at radius 3 is 2.83 bits per heavy atom. The fraction of sp³-hybridized carbons (Fsp3) is 0.400. The first kappa shape index (κ1) is 19.1. The predicted molar refractivity (Wildman–Crippen MR) is 97.8 cm³/mol. The monoisotopic (exact) mass is 387 g/mol. The van der Waals surface area contributed by atoms with Crippen molar-refractivity contribution in [2.45, 2.75) is 35.4 Å². The average molecular weight is 388 g/mol. The molecule has 1 amide bonds. The summed E-state index contributed by atoms with van der Waals surface area (Å²) >= 11 is 7.74. The van der Waals surface area contributed by atoms with Crippen LogP contribution in [0.25, 0.3) is 0 Å². The van der Waals surface area contributed by atoms with Gasteiger partial charge in [-0.05, 0) is 49.2 Å². The number of nitrogens with two attached hydrogens (primary N) is 1. The quantitative estimate of drug-likeness (QED) is 0.841. The molecule has 9 heteroatoms. The lowest BCUT2D eigenvalue weighted by atomic mass is 10.1. The van der Waals surface area contributed by atoms with Gasteiger partial charge in [-0.25, -0.2) is 0 Å². The van der Waals surface area contributed by atoms with E-state index >= 15 is 0 Å². The van der Waals surface area contributed by atoms with E-state index in [1.165, 1.54) is 11.8 Å².